The third kappa shape index (κ3) is 3.27. The Bertz CT molecular complexity index is 666. The molecule has 2 aromatic heterocycles. The van der Waals surface area contributed by atoms with E-state index in [1.165, 1.54) is 18.3 Å². The first-order valence-corrected chi connectivity index (χ1v) is 5.87. The number of alkyl halides is 3. The lowest BCUT2D eigenvalue weighted by molar-refractivity contribution is -0.144. The van der Waals surface area contributed by atoms with Gasteiger partial charge in [-0.3, -0.25) is 4.79 Å². The van der Waals surface area contributed by atoms with Crippen LogP contribution < -0.4 is 11.1 Å². The second-order valence-electron chi connectivity index (χ2n) is 3.97. The van der Waals surface area contributed by atoms with Gasteiger partial charge in [0.1, 0.15) is 11.5 Å². The Morgan fingerprint density at radius 1 is 1.43 bits per heavy atom. The monoisotopic (exact) mass is 300 g/mol. The number of carbonyl (C=O) groups is 1. The maximum Gasteiger partial charge on any atom is 0.451 e. The number of nitrogens with one attached hydrogen (secondary N) is 1. The number of carbonyl (C=O) groups excluding carboxylic acids is 1. The van der Waals surface area contributed by atoms with E-state index in [1.54, 1.807) is 6.92 Å². The van der Waals surface area contributed by atoms with Crippen LogP contribution in [0.1, 0.15) is 23.2 Å². The maximum atomic E-state index is 12.8. The van der Waals surface area contributed by atoms with Crippen LogP contribution in [-0.4, -0.2) is 32.2 Å². The zero-order valence-electron chi connectivity index (χ0n) is 10.8. The Balaban J connectivity index is 2.50. The van der Waals surface area contributed by atoms with Gasteiger partial charge in [-0.15, -0.1) is 0 Å². The topological polar surface area (TPSA) is 98.7 Å². The van der Waals surface area contributed by atoms with Crippen molar-refractivity contribution in [1.29, 1.82) is 0 Å². The molecule has 2 heterocycles. The van der Waals surface area contributed by atoms with Crippen LogP contribution in [0.4, 0.5) is 19.0 Å². The fraction of sp³-hybridized carbons (Fsp3) is 0.273. The maximum absolute atomic E-state index is 12.8. The molecule has 0 aliphatic carbocycles. The van der Waals surface area contributed by atoms with E-state index in [0.717, 1.165) is 4.68 Å². The van der Waals surface area contributed by atoms with Gasteiger partial charge in [-0.2, -0.15) is 18.3 Å². The van der Waals surface area contributed by atoms with Gasteiger partial charge in [-0.1, -0.05) is 0 Å². The van der Waals surface area contributed by atoms with Crippen molar-refractivity contribution in [2.24, 2.45) is 5.73 Å². The van der Waals surface area contributed by atoms with Crippen LogP contribution in [0.3, 0.4) is 0 Å². The highest BCUT2D eigenvalue weighted by Gasteiger charge is 2.35. The average molecular weight is 300 g/mol. The lowest BCUT2D eigenvalue weighted by Crippen LogP contribution is -2.16. The fourth-order valence-electron chi connectivity index (χ4n) is 1.53. The third-order valence-corrected chi connectivity index (χ3v) is 2.40. The van der Waals surface area contributed by atoms with Crippen molar-refractivity contribution in [2.75, 3.05) is 11.9 Å². The zero-order valence-corrected chi connectivity index (χ0v) is 10.8. The summed E-state index contributed by atoms with van der Waals surface area (Å²) in [6.07, 6.45) is -3.40. The first-order chi connectivity index (χ1) is 9.81. The normalized spacial score (nSPS) is 11.4. The average Bonchev–Trinajstić information content (AvgIpc) is 2.87. The molecule has 0 aliphatic heterocycles. The number of aromatic nitrogens is 4. The standard InChI is InChI=1S/C11H11F3N6O/c1-2-16-7-5-8(18-10(17-7)11(12,13)14)20-4-3-6(19-20)9(15)21/h3-5H,2H2,1H3,(H2,15,21)(H,16,17,18). The summed E-state index contributed by atoms with van der Waals surface area (Å²) in [4.78, 5) is 17.7. The van der Waals surface area contributed by atoms with Gasteiger partial charge in [0.15, 0.2) is 5.82 Å². The Labute approximate surface area is 117 Å². The lowest BCUT2D eigenvalue weighted by Gasteiger charge is -2.10. The van der Waals surface area contributed by atoms with Crippen molar-refractivity contribution in [1.82, 2.24) is 19.7 Å². The fourth-order valence-corrected chi connectivity index (χ4v) is 1.53. The van der Waals surface area contributed by atoms with Gasteiger partial charge in [0.25, 0.3) is 5.91 Å². The van der Waals surface area contributed by atoms with Gasteiger partial charge in [0, 0.05) is 18.8 Å². The molecule has 0 aliphatic rings. The van der Waals surface area contributed by atoms with Gasteiger partial charge < -0.3 is 11.1 Å². The molecule has 21 heavy (non-hydrogen) atoms. The molecular weight excluding hydrogens is 289 g/mol. The first-order valence-electron chi connectivity index (χ1n) is 5.87. The molecular formula is C11H11F3N6O. The minimum absolute atomic E-state index is 0.00551. The largest absolute Gasteiger partial charge is 0.451 e. The van der Waals surface area contributed by atoms with E-state index in [0.29, 0.717) is 6.54 Å². The summed E-state index contributed by atoms with van der Waals surface area (Å²) in [6.45, 7) is 2.10. The van der Waals surface area contributed by atoms with E-state index in [1.807, 2.05) is 0 Å². The molecule has 0 unspecified atom stereocenters. The SMILES string of the molecule is CCNc1cc(-n2ccc(C(N)=O)n2)nc(C(F)(F)F)n1. The van der Waals surface area contributed by atoms with E-state index in [2.05, 4.69) is 20.4 Å². The summed E-state index contributed by atoms with van der Waals surface area (Å²) in [5.41, 5.74) is 4.97. The molecule has 0 radical (unpaired) electrons. The van der Waals surface area contributed by atoms with Crippen molar-refractivity contribution in [3.05, 3.63) is 29.8 Å². The van der Waals surface area contributed by atoms with Crippen LogP contribution in [0, 0.1) is 0 Å². The Morgan fingerprint density at radius 3 is 2.67 bits per heavy atom. The molecule has 3 N–H and O–H groups in total. The highest BCUT2D eigenvalue weighted by atomic mass is 19.4. The number of primary amides is 1. The summed E-state index contributed by atoms with van der Waals surface area (Å²) < 4.78 is 39.4. The van der Waals surface area contributed by atoms with Gasteiger partial charge in [0.05, 0.1) is 0 Å². The Morgan fingerprint density at radius 2 is 2.14 bits per heavy atom. The molecule has 2 aromatic rings. The van der Waals surface area contributed by atoms with Crippen LogP contribution in [0.15, 0.2) is 18.3 Å². The highest BCUT2D eigenvalue weighted by molar-refractivity contribution is 5.90. The van der Waals surface area contributed by atoms with Crippen molar-refractivity contribution < 1.29 is 18.0 Å². The molecule has 0 saturated carbocycles. The number of anilines is 1. The molecule has 0 fully saturated rings. The van der Waals surface area contributed by atoms with Crippen LogP contribution in [0.25, 0.3) is 5.82 Å². The summed E-state index contributed by atoms with van der Waals surface area (Å²) in [6, 6.07) is 2.57. The predicted molar refractivity (Wildman–Crippen MR) is 66.8 cm³/mol. The smallest absolute Gasteiger partial charge is 0.370 e. The van der Waals surface area contributed by atoms with Crippen LogP contribution >= 0.6 is 0 Å². The quantitative estimate of drug-likeness (QED) is 0.884. The van der Waals surface area contributed by atoms with Crippen molar-refractivity contribution in [2.45, 2.75) is 13.1 Å². The van der Waals surface area contributed by atoms with Gasteiger partial charge in [0.2, 0.25) is 5.82 Å². The number of halogens is 3. The van der Waals surface area contributed by atoms with E-state index < -0.39 is 17.9 Å². The van der Waals surface area contributed by atoms with Crippen molar-refractivity contribution >= 4 is 11.7 Å². The lowest BCUT2D eigenvalue weighted by atomic mass is 10.4. The zero-order chi connectivity index (χ0) is 15.6. The van der Waals surface area contributed by atoms with Crippen LogP contribution in [0.5, 0.6) is 0 Å². The van der Waals surface area contributed by atoms with E-state index >= 15 is 0 Å². The predicted octanol–water partition coefficient (Wildman–Crippen LogP) is 1.21. The van der Waals surface area contributed by atoms with Crippen LogP contribution in [-0.2, 0) is 6.18 Å². The minimum atomic E-state index is -4.69. The molecule has 2 rings (SSSR count). The molecule has 0 aromatic carbocycles. The number of nitrogens with two attached hydrogens (primary N) is 1. The molecule has 10 heteroatoms. The molecule has 0 saturated heterocycles. The molecule has 112 valence electrons. The number of hydrogen-bond acceptors (Lipinski definition) is 5. The second kappa shape index (κ2) is 5.38. The molecule has 1 amide bonds. The Kier molecular flexibility index (Phi) is 3.78. The van der Waals surface area contributed by atoms with Crippen molar-refractivity contribution in [3.63, 3.8) is 0 Å². The minimum Gasteiger partial charge on any atom is -0.370 e. The van der Waals surface area contributed by atoms with E-state index in [9.17, 15) is 18.0 Å². The summed E-state index contributed by atoms with van der Waals surface area (Å²) in [7, 11) is 0. The first kappa shape index (κ1) is 14.8. The molecule has 0 bridgehead atoms. The van der Waals surface area contributed by atoms with Gasteiger partial charge in [-0.25, -0.2) is 14.6 Å². The van der Waals surface area contributed by atoms with Crippen LogP contribution in [0.2, 0.25) is 0 Å². The van der Waals surface area contributed by atoms with Gasteiger partial charge >= 0.3 is 6.18 Å². The Hall–Kier alpha value is -2.65. The summed E-state index contributed by atoms with van der Waals surface area (Å²) in [5.74, 6) is -2.20. The number of nitrogens with zero attached hydrogens (tertiary/aromatic N) is 4. The second-order valence-corrected chi connectivity index (χ2v) is 3.97. The number of hydrogen-bond donors (Lipinski definition) is 2. The van der Waals surface area contributed by atoms with Gasteiger partial charge in [-0.05, 0) is 13.0 Å². The summed E-state index contributed by atoms with van der Waals surface area (Å²) >= 11 is 0. The molecule has 0 spiro atoms. The summed E-state index contributed by atoms with van der Waals surface area (Å²) in [5, 5.41) is 6.44. The third-order valence-electron chi connectivity index (χ3n) is 2.40. The highest BCUT2D eigenvalue weighted by Crippen LogP contribution is 2.27. The molecule has 0 atom stereocenters. The van der Waals surface area contributed by atoms with E-state index in [4.69, 9.17) is 5.73 Å². The number of rotatable bonds is 4. The van der Waals surface area contributed by atoms with Crippen molar-refractivity contribution in [3.8, 4) is 5.82 Å². The van der Waals surface area contributed by atoms with E-state index in [-0.39, 0.29) is 17.3 Å². The number of amides is 1. The molecule has 7 nitrogen and oxygen atoms in total.